The first-order valence-electron chi connectivity index (χ1n) is 5.88. The fourth-order valence-corrected chi connectivity index (χ4v) is 2.83. The zero-order valence-corrected chi connectivity index (χ0v) is 11.2. The molecule has 0 aliphatic carbocycles. The largest absolute Gasteiger partial charge is 0.384 e. The maximum Gasteiger partial charge on any atom is 0.214 e. The average molecular weight is 270 g/mol. The second-order valence-electron chi connectivity index (χ2n) is 4.34. The standard InChI is InChI=1S/C12H18N2O3S/c1-17-4-5-18(15,16)14-7-10-2-3-11-8-13-9-12(11)6-10/h2-3,6,13-14H,4-5,7-9H2,1H3. The number of benzene rings is 1. The van der Waals surface area contributed by atoms with Gasteiger partial charge in [-0.05, 0) is 16.7 Å². The highest BCUT2D eigenvalue weighted by Crippen LogP contribution is 2.16. The van der Waals surface area contributed by atoms with Gasteiger partial charge in [0.25, 0.3) is 0 Å². The van der Waals surface area contributed by atoms with Crippen LogP contribution in [0.5, 0.6) is 0 Å². The van der Waals surface area contributed by atoms with Crippen LogP contribution in [0.25, 0.3) is 0 Å². The Morgan fingerprint density at radius 2 is 2.11 bits per heavy atom. The molecule has 0 radical (unpaired) electrons. The lowest BCUT2D eigenvalue weighted by Gasteiger charge is -2.07. The molecule has 0 atom stereocenters. The molecule has 5 nitrogen and oxygen atoms in total. The van der Waals surface area contributed by atoms with Crippen molar-refractivity contribution in [3.8, 4) is 0 Å². The van der Waals surface area contributed by atoms with E-state index in [9.17, 15) is 8.42 Å². The predicted molar refractivity (Wildman–Crippen MR) is 69.5 cm³/mol. The second kappa shape index (κ2) is 5.79. The smallest absolute Gasteiger partial charge is 0.214 e. The minimum atomic E-state index is -3.25. The summed E-state index contributed by atoms with van der Waals surface area (Å²) in [4.78, 5) is 0. The van der Waals surface area contributed by atoms with Crippen LogP contribution in [0, 0.1) is 0 Å². The Labute approximate surface area is 108 Å². The van der Waals surface area contributed by atoms with E-state index in [1.807, 2.05) is 18.2 Å². The second-order valence-corrected chi connectivity index (χ2v) is 6.27. The number of fused-ring (bicyclic) bond motifs is 1. The van der Waals surface area contributed by atoms with Crippen LogP contribution in [-0.4, -0.2) is 27.9 Å². The molecule has 6 heteroatoms. The lowest BCUT2D eigenvalue weighted by atomic mass is 10.1. The molecule has 0 aromatic heterocycles. The van der Waals surface area contributed by atoms with E-state index in [1.54, 1.807) is 0 Å². The number of sulfonamides is 1. The van der Waals surface area contributed by atoms with E-state index in [1.165, 1.54) is 18.2 Å². The number of nitrogens with one attached hydrogen (secondary N) is 2. The van der Waals surface area contributed by atoms with Crippen LogP contribution in [0.1, 0.15) is 16.7 Å². The minimum Gasteiger partial charge on any atom is -0.384 e. The summed E-state index contributed by atoms with van der Waals surface area (Å²) in [7, 11) is -1.76. The number of hydrogen-bond acceptors (Lipinski definition) is 4. The van der Waals surface area contributed by atoms with Crippen molar-refractivity contribution in [1.29, 1.82) is 0 Å². The van der Waals surface area contributed by atoms with Gasteiger partial charge in [0, 0.05) is 26.7 Å². The van der Waals surface area contributed by atoms with Gasteiger partial charge >= 0.3 is 0 Å². The molecular formula is C12H18N2O3S. The Hall–Kier alpha value is -0.950. The molecule has 0 bridgehead atoms. The van der Waals surface area contributed by atoms with Gasteiger partial charge in [0.1, 0.15) is 0 Å². The molecule has 1 aliphatic heterocycles. The Bertz CT molecular complexity index is 514. The molecule has 18 heavy (non-hydrogen) atoms. The molecule has 2 N–H and O–H groups in total. The molecule has 1 aliphatic rings. The van der Waals surface area contributed by atoms with E-state index in [0.717, 1.165) is 18.7 Å². The summed E-state index contributed by atoms with van der Waals surface area (Å²) in [6.07, 6.45) is 0. The quantitative estimate of drug-likeness (QED) is 0.783. The highest BCUT2D eigenvalue weighted by atomic mass is 32.2. The van der Waals surface area contributed by atoms with Crippen LogP contribution in [0.2, 0.25) is 0 Å². The third-order valence-corrected chi connectivity index (χ3v) is 4.24. The molecule has 0 saturated heterocycles. The van der Waals surface area contributed by atoms with Crippen LogP contribution in [0.3, 0.4) is 0 Å². The fraction of sp³-hybridized carbons (Fsp3) is 0.500. The maximum absolute atomic E-state index is 11.6. The molecule has 1 heterocycles. The van der Waals surface area contributed by atoms with Gasteiger partial charge in [-0.15, -0.1) is 0 Å². The van der Waals surface area contributed by atoms with Crippen LogP contribution in [0.4, 0.5) is 0 Å². The number of methoxy groups -OCH3 is 1. The third-order valence-electron chi connectivity index (χ3n) is 2.95. The Morgan fingerprint density at radius 1 is 1.33 bits per heavy atom. The van der Waals surface area contributed by atoms with Crippen LogP contribution < -0.4 is 10.0 Å². The zero-order chi connectivity index (χ0) is 13.0. The Balaban J connectivity index is 1.94. The van der Waals surface area contributed by atoms with Gasteiger partial charge in [-0.1, -0.05) is 18.2 Å². The topological polar surface area (TPSA) is 67.4 Å². The van der Waals surface area contributed by atoms with Crippen molar-refractivity contribution in [2.45, 2.75) is 19.6 Å². The maximum atomic E-state index is 11.6. The van der Waals surface area contributed by atoms with Crippen molar-refractivity contribution < 1.29 is 13.2 Å². The van der Waals surface area contributed by atoms with Gasteiger partial charge in [0.2, 0.25) is 10.0 Å². The Kier molecular flexibility index (Phi) is 4.34. The highest BCUT2D eigenvalue weighted by Gasteiger charge is 2.12. The summed E-state index contributed by atoms with van der Waals surface area (Å²) < 4.78 is 30.5. The summed E-state index contributed by atoms with van der Waals surface area (Å²) in [5.41, 5.74) is 3.53. The van der Waals surface area contributed by atoms with Crippen molar-refractivity contribution >= 4 is 10.0 Å². The molecule has 1 aromatic carbocycles. The molecule has 0 amide bonds. The molecule has 2 rings (SSSR count). The van der Waals surface area contributed by atoms with E-state index in [2.05, 4.69) is 10.0 Å². The first-order chi connectivity index (χ1) is 8.61. The summed E-state index contributed by atoms with van der Waals surface area (Å²) in [6.45, 7) is 2.30. The summed E-state index contributed by atoms with van der Waals surface area (Å²) >= 11 is 0. The van der Waals surface area contributed by atoms with Gasteiger partial charge in [-0.3, -0.25) is 0 Å². The highest BCUT2D eigenvalue weighted by molar-refractivity contribution is 7.89. The summed E-state index contributed by atoms with van der Waals surface area (Å²) in [5, 5.41) is 3.26. The zero-order valence-electron chi connectivity index (χ0n) is 10.4. The third kappa shape index (κ3) is 3.52. The van der Waals surface area contributed by atoms with Gasteiger partial charge in [0.15, 0.2) is 0 Å². The number of ether oxygens (including phenoxy) is 1. The van der Waals surface area contributed by atoms with Crippen molar-refractivity contribution in [2.24, 2.45) is 0 Å². The molecule has 1 aromatic rings. The molecule has 0 saturated carbocycles. The predicted octanol–water partition coefficient (Wildman–Crippen LogP) is 0.356. The van der Waals surface area contributed by atoms with E-state index < -0.39 is 10.0 Å². The number of hydrogen-bond donors (Lipinski definition) is 2. The Morgan fingerprint density at radius 3 is 2.89 bits per heavy atom. The summed E-state index contributed by atoms with van der Waals surface area (Å²) in [5.74, 6) is -0.00397. The van der Waals surface area contributed by atoms with Gasteiger partial charge in [-0.25, -0.2) is 13.1 Å². The van der Waals surface area contributed by atoms with Crippen LogP contribution >= 0.6 is 0 Å². The molecule has 100 valence electrons. The minimum absolute atomic E-state index is 0.00397. The molecule has 0 fully saturated rings. The van der Waals surface area contributed by atoms with E-state index in [-0.39, 0.29) is 12.4 Å². The van der Waals surface area contributed by atoms with Gasteiger partial charge in [0.05, 0.1) is 12.4 Å². The van der Waals surface area contributed by atoms with E-state index in [0.29, 0.717) is 6.54 Å². The van der Waals surface area contributed by atoms with Crippen molar-refractivity contribution in [3.05, 3.63) is 34.9 Å². The normalized spacial score (nSPS) is 14.7. The number of rotatable bonds is 6. The van der Waals surface area contributed by atoms with Crippen LogP contribution in [-0.2, 0) is 34.4 Å². The molecular weight excluding hydrogens is 252 g/mol. The van der Waals surface area contributed by atoms with Crippen molar-refractivity contribution in [3.63, 3.8) is 0 Å². The van der Waals surface area contributed by atoms with Gasteiger partial charge < -0.3 is 10.1 Å². The fourth-order valence-electron chi connectivity index (χ4n) is 1.92. The monoisotopic (exact) mass is 270 g/mol. The van der Waals surface area contributed by atoms with Crippen molar-refractivity contribution in [2.75, 3.05) is 19.5 Å². The average Bonchev–Trinajstić information content (AvgIpc) is 2.81. The summed E-state index contributed by atoms with van der Waals surface area (Å²) in [6, 6.07) is 6.06. The van der Waals surface area contributed by atoms with Crippen molar-refractivity contribution in [1.82, 2.24) is 10.0 Å². The first-order valence-corrected chi connectivity index (χ1v) is 7.53. The first kappa shape index (κ1) is 13.5. The lowest BCUT2D eigenvalue weighted by Crippen LogP contribution is -2.27. The SMILES string of the molecule is COCCS(=O)(=O)NCc1ccc2c(c1)CNC2. The molecule has 0 spiro atoms. The molecule has 0 unspecified atom stereocenters. The lowest BCUT2D eigenvalue weighted by molar-refractivity contribution is 0.217. The van der Waals surface area contributed by atoms with E-state index >= 15 is 0 Å². The van der Waals surface area contributed by atoms with Gasteiger partial charge in [-0.2, -0.15) is 0 Å². The van der Waals surface area contributed by atoms with Crippen LogP contribution in [0.15, 0.2) is 18.2 Å². The van der Waals surface area contributed by atoms with E-state index in [4.69, 9.17) is 4.74 Å².